The number of hydrogen-bond donors (Lipinski definition) is 1. The number of ether oxygens (including phenoxy) is 1. The second kappa shape index (κ2) is 10.7. The minimum atomic E-state index is -4.88. The van der Waals surface area contributed by atoms with Crippen LogP contribution in [0.4, 0.5) is 28.9 Å². The fourth-order valence-corrected chi connectivity index (χ4v) is 4.20. The molecule has 1 amide bonds. The van der Waals surface area contributed by atoms with Crippen molar-refractivity contribution in [3.05, 3.63) is 110 Å². The summed E-state index contributed by atoms with van der Waals surface area (Å²) in [6.45, 7) is 0. The number of nitro benzene ring substituents is 1. The zero-order valence-corrected chi connectivity index (χ0v) is 21.6. The van der Waals surface area contributed by atoms with Gasteiger partial charge in [0.05, 0.1) is 27.4 Å². The number of fused-ring (bicyclic) bond motifs is 1. The summed E-state index contributed by atoms with van der Waals surface area (Å²) in [6, 6.07) is 14.1. The number of carbonyl (C=O) groups excluding carboxylic acids is 1. The van der Waals surface area contributed by atoms with Gasteiger partial charge in [-0.2, -0.15) is 18.3 Å². The van der Waals surface area contributed by atoms with Gasteiger partial charge in [-0.3, -0.25) is 14.9 Å². The van der Waals surface area contributed by atoms with Crippen molar-refractivity contribution >= 4 is 46.1 Å². The van der Waals surface area contributed by atoms with Crippen molar-refractivity contribution in [3.8, 4) is 22.8 Å². The third-order valence-corrected chi connectivity index (χ3v) is 6.10. The molecule has 0 spiro atoms. The molecule has 5 aromatic rings. The van der Waals surface area contributed by atoms with Crippen molar-refractivity contribution in [2.75, 3.05) is 5.32 Å². The van der Waals surface area contributed by atoms with E-state index >= 15 is 0 Å². The fraction of sp³-hybridized carbons (Fsp3) is 0.0385. The maximum atomic E-state index is 13.9. The third-order valence-electron chi connectivity index (χ3n) is 5.57. The van der Waals surface area contributed by atoms with Crippen molar-refractivity contribution in [2.24, 2.45) is 0 Å². The molecule has 5 rings (SSSR count). The first-order valence-corrected chi connectivity index (χ1v) is 12.1. The molecule has 0 aliphatic rings. The van der Waals surface area contributed by atoms with E-state index in [1.807, 2.05) is 0 Å². The number of alkyl halides is 3. The molecular weight excluding hydrogens is 593 g/mol. The van der Waals surface area contributed by atoms with Gasteiger partial charge >= 0.3 is 6.18 Å². The molecule has 9 nitrogen and oxygen atoms in total. The quantitative estimate of drug-likeness (QED) is 0.120. The average molecular weight is 606 g/mol. The highest BCUT2D eigenvalue weighted by Gasteiger charge is 2.35. The summed E-state index contributed by atoms with van der Waals surface area (Å²) in [5, 5.41) is 18.1. The van der Waals surface area contributed by atoms with Crippen LogP contribution >= 0.6 is 23.2 Å². The molecule has 1 N–H and O–H groups in total. The predicted octanol–water partition coefficient (Wildman–Crippen LogP) is 7.81. The average Bonchev–Trinajstić information content (AvgIpc) is 3.34. The van der Waals surface area contributed by atoms with Gasteiger partial charge in [0.15, 0.2) is 17.0 Å². The van der Waals surface area contributed by atoms with Crippen LogP contribution in [0.5, 0.6) is 11.5 Å². The smallest absolute Gasteiger partial charge is 0.433 e. The molecule has 208 valence electrons. The number of nitro groups is 1. The number of rotatable bonds is 6. The Balaban J connectivity index is 1.50. The van der Waals surface area contributed by atoms with E-state index in [9.17, 15) is 32.5 Å². The molecule has 0 aliphatic heterocycles. The van der Waals surface area contributed by atoms with Gasteiger partial charge in [0.25, 0.3) is 11.6 Å². The predicted molar refractivity (Wildman–Crippen MR) is 141 cm³/mol. The first kappa shape index (κ1) is 27.8. The summed E-state index contributed by atoms with van der Waals surface area (Å²) in [5.41, 5.74) is -2.50. The van der Waals surface area contributed by atoms with Gasteiger partial charge in [-0.25, -0.2) is 13.9 Å². The maximum Gasteiger partial charge on any atom is 0.433 e. The number of aromatic nitrogens is 3. The van der Waals surface area contributed by atoms with Crippen molar-refractivity contribution in [3.63, 3.8) is 0 Å². The van der Waals surface area contributed by atoms with Gasteiger partial charge in [-0.05, 0) is 48.5 Å². The largest absolute Gasteiger partial charge is 0.455 e. The first-order valence-electron chi connectivity index (χ1n) is 11.3. The lowest BCUT2D eigenvalue weighted by molar-refractivity contribution is -0.384. The van der Waals surface area contributed by atoms with Crippen LogP contribution < -0.4 is 10.1 Å². The highest BCUT2D eigenvalue weighted by molar-refractivity contribution is 6.35. The van der Waals surface area contributed by atoms with Gasteiger partial charge in [0.1, 0.15) is 17.3 Å². The Labute approximate surface area is 237 Å². The number of hydrogen-bond acceptors (Lipinski definition) is 6. The summed E-state index contributed by atoms with van der Waals surface area (Å²) < 4.78 is 61.0. The van der Waals surface area contributed by atoms with E-state index in [1.54, 1.807) is 0 Å². The number of amides is 1. The van der Waals surface area contributed by atoms with Crippen LogP contribution in [0.1, 0.15) is 16.2 Å². The highest BCUT2D eigenvalue weighted by Crippen LogP contribution is 2.35. The minimum Gasteiger partial charge on any atom is -0.455 e. The SMILES string of the molecule is O=C(Nc1cc(Oc2ccc(Cl)cc2Cl)cc([N+](=O)[O-])c1)c1cc2nc(-c3ccc(F)cc3)cc(C(F)(F)F)n2n1. The van der Waals surface area contributed by atoms with E-state index in [2.05, 4.69) is 15.4 Å². The number of nitrogens with one attached hydrogen (secondary N) is 1. The molecule has 0 aliphatic carbocycles. The topological polar surface area (TPSA) is 112 Å². The molecular formula is C26H13Cl2F4N5O4. The number of carbonyl (C=O) groups is 1. The molecule has 0 radical (unpaired) electrons. The van der Waals surface area contributed by atoms with Crippen LogP contribution in [0.25, 0.3) is 16.9 Å². The normalized spacial score (nSPS) is 11.5. The van der Waals surface area contributed by atoms with Crippen LogP contribution in [0.3, 0.4) is 0 Å². The zero-order valence-electron chi connectivity index (χ0n) is 20.1. The Bertz CT molecular complexity index is 1830. The van der Waals surface area contributed by atoms with E-state index in [0.29, 0.717) is 9.54 Å². The Morgan fingerprint density at radius 3 is 2.39 bits per heavy atom. The van der Waals surface area contributed by atoms with Crippen molar-refractivity contribution in [1.82, 2.24) is 14.6 Å². The van der Waals surface area contributed by atoms with E-state index in [1.165, 1.54) is 36.4 Å². The van der Waals surface area contributed by atoms with Gasteiger partial charge in [-0.15, -0.1) is 0 Å². The van der Waals surface area contributed by atoms with Gasteiger partial charge in [-0.1, -0.05) is 23.2 Å². The second-order valence-electron chi connectivity index (χ2n) is 8.43. The Morgan fingerprint density at radius 2 is 1.73 bits per heavy atom. The molecule has 0 saturated heterocycles. The Morgan fingerprint density at radius 1 is 1.00 bits per heavy atom. The van der Waals surface area contributed by atoms with Gasteiger partial charge in [0.2, 0.25) is 0 Å². The number of halogens is 6. The Kier molecular flexibility index (Phi) is 7.24. The number of anilines is 1. The molecule has 0 bridgehead atoms. The van der Waals surface area contributed by atoms with Crippen LogP contribution in [-0.2, 0) is 6.18 Å². The van der Waals surface area contributed by atoms with Crippen LogP contribution in [0.2, 0.25) is 10.0 Å². The molecule has 41 heavy (non-hydrogen) atoms. The van der Waals surface area contributed by atoms with E-state index < -0.39 is 39.9 Å². The first-order chi connectivity index (χ1) is 19.4. The van der Waals surface area contributed by atoms with E-state index in [0.717, 1.165) is 36.4 Å². The summed E-state index contributed by atoms with van der Waals surface area (Å²) in [7, 11) is 0. The molecule has 3 aromatic carbocycles. The minimum absolute atomic E-state index is 0.0707. The van der Waals surface area contributed by atoms with Crippen molar-refractivity contribution in [1.29, 1.82) is 0 Å². The summed E-state index contributed by atoms with van der Waals surface area (Å²) in [4.78, 5) is 27.9. The number of benzene rings is 3. The van der Waals surface area contributed by atoms with Crippen LogP contribution in [0, 0.1) is 15.9 Å². The monoisotopic (exact) mass is 605 g/mol. The maximum absolute atomic E-state index is 13.9. The lowest BCUT2D eigenvalue weighted by Crippen LogP contribution is -2.16. The zero-order chi connectivity index (χ0) is 29.5. The summed E-state index contributed by atoms with van der Waals surface area (Å²) in [6.07, 6.45) is -4.88. The second-order valence-corrected chi connectivity index (χ2v) is 9.28. The summed E-state index contributed by atoms with van der Waals surface area (Å²) in [5.74, 6) is -1.52. The van der Waals surface area contributed by atoms with Crippen LogP contribution in [-0.4, -0.2) is 25.4 Å². The lowest BCUT2D eigenvalue weighted by atomic mass is 10.1. The van der Waals surface area contributed by atoms with Gasteiger partial charge < -0.3 is 10.1 Å². The molecule has 0 atom stereocenters. The van der Waals surface area contributed by atoms with Crippen molar-refractivity contribution in [2.45, 2.75) is 6.18 Å². The standard InChI is InChI=1S/C26H13Cl2F4N5O4/c27-14-3-6-22(19(28)7-14)41-18-9-16(8-17(10-18)37(39)40)33-25(38)21-12-24-34-20(13-1-4-15(29)5-2-13)11-23(26(30,31)32)36(24)35-21/h1-12H,(H,33,38). The highest BCUT2D eigenvalue weighted by atomic mass is 35.5. The molecule has 2 heterocycles. The number of non-ortho nitro benzene ring substituents is 1. The molecule has 0 fully saturated rings. The summed E-state index contributed by atoms with van der Waals surface area (Å²) >= 11 is 12.0. The fourth-order valence-electron chi connectivity index (χ4n) is 3.76. The molecule has 2 aromatic heterocycles. The lowest BCUT2D eigenvalue weighted by Gasteiger charge is -2.11. The number of nitrogens with zero attached hydrogens (tertiary/aromatic N) is 4. The molecule has 0 unspecified atom stereocenters. The molecule has 15 heteroatoms. The Hall–Kier alpha value is -4.75. The van der Waals surface area contributed by atoms with Crippen molar-refractivity contribution < 1.29 is 32.0 Å². The van der Waals surface area contributed by atoms with Gasteiger partial charge in [0, 0.05) is 28.8 Å². The molecule has 0 saturated carbocycles. The van der Waals surface area contributed by atoms with Crippen LogP contribution in [0.15, 0.2) is 72.8 Å². The third kappa shape index (κ3) is 6.05. The van der Waals surface area contributed by atoms with E-state index in [4.69, 9.17) is 27.9 Å². The van der Waals surface area contributed by atoms with E-state index in [-0.39, 0.29) is 39.1 Å².